The van der Waals surface area contributed by atoms with Gasteiger partial charge in [0.05, 0.1) is 40.5 Å². The molecule has 0 fully saturated rings. The van der Waals surface area contributed by atoms with Gasteiger partial charge in [0.15, 0.2) is 0 Å². The molecule has 0 saturated carbocycles. The van der Waals surface area contributed by atoms with Crippen molar-refractivity contribution < 1.29 is 14.0 Å². The Morgan fingerprint density at radius 2 is 1.40 bits per heavy atom. The topological polar surface area (TPSA) is 136 Å². The van der Waals surface area contributed by atoms with Crippen molar-refractivity contribution in [2.75, 3.05) is 10.6 Å². The Labute approximate surface area is 247 Å². The maximum Gasteiger partial charge on any atom is 0.275 e. The predicted octanol–water partition coefficient (Wildman–Crippen LogP) is 6.34. The van der Waals surface area contributed by atoms with Crippen LogP contribution in [0.3, 0.4) is 0 Å². The zero-order valence-electron chi connectivity index (χ0n) is 24.0. The summed E-state index contributed by atoms with van der Waals surface area (Å²) in [6.45, 7) is 7.69. The molecule has 0 radical (unpaired) electrons. The second-order valence-electron chi connectivity index (χ2n) is 8.90. The summed E-state index contributed by atoms with van der Waals surface area (Å²) in [6.07, 6.45) is 8.90. The van der Waals surface area contributed by atoms with Gasteiger partial charge in [-0.05, 0) is 44.2 Å². The lowest BCUT2D eigenvalue weighted by atomic mass is 10.1. The first-order chi connectivity index (χ1) is 20.9. The molecular weight excluding hydrogens is 547 g/mol. The van der Waals surface area contributed by atoms with Crippen molar-refractivity contribution in [2.24, 2.45) is 0 Å². The van der Waals surface area contributed by atoms with Crippen LogP contribution in [0.25, 0.3) is 21.8 Å². The molecule has 43 heavy (non-hydrogen) atoms. The van der Waals surface area contributed by atoms with Crippen LogP contribution in [0, 0.1) is 19.7 Å². The molecule has 2 amide bonds. The van der Waals surface area contributed by atoms with Crippen LogP contribution >= 0.6 is 0 Å². The molecule has 216 valence electrons. The van der Waals surface area contributed by atoms with Gasteiger partial charge in [0.1, 0.15) is 17.2 Å². The number of amides is 2. The number of hydrogen-bond donors (Lipinski definition) is 2. The molecule has 2 aromatic carbocycles. The number of anilines is 2. The average Bonchev–Trinajstić information content (AvgIpc) is 3.03. The van der Waals surface area contributed by atoms with Gasteiger partial charge in [-0.3, -0.25) is 29.5 Å². The number of pyridine rings is 2. The molecule has 4 aromatic heterocycles. The molecule has 10 nitrogen and oxygen atoms in total. The van der Waals surface area contributed by atoms with Crippen molar-refractivity contribution in [1.29, 1.82) is 0 Å². The molecule has 0 aliphatic heterocycles. The highest BCUT2D eigenvalue weighted by Crippen LogP contribution is 2.24. The Morgan fingerprint density at radius 1 is 0.651 bits per heavy atom. The van der Waals surface area contributed by atoms with Crippen molar-refractivity contribution in [2.45, 2.75) is 27.7 Å². The van der Waals surface area contributed by atoms with Crippen molar-refractivity contribution in [3.63, 3.8) is 0 Å². The summed E-state index contributed by atoms with van der Waals surface area (Å²) < 4.78 is 13.6. The van der Waals surface area contributed by atoms with Gasteiger partial charge in [-0.15, -0.1) is 0 Å². The van der Waals surface area contributed by atoms with E-state index in [1.807, 2.05) is 51.1 Å². The lowest BCUT2D eigenvalue weighted by Crippen LogP contribution is -2.14. The van der Waals surface area contributed by atoms with Gasteiger partial charge >= 0.3 is 0 Å². The third-order valence-electron chi connectivity index (χ3n) is 5.83. The largest absolute Gasteiger partial charge is 0.319 e. The zero-order valence-corrected chi connectivity index (χ0v) is 24.0. The molecule has 0 aliphatic rings. The number of carbonyl (C=O) groups excluding carboxylic acids is 2. The lowest BCUT2D eigenvalue weighted by molar-refractivity contribution is 0.101. The van der Waals surface area contributed by atoms with E-state index in [1.54, 1.807) is 25.3 Å². The minimum absolute atomic E-state index is 0.161. The van der Waals surface area contributed by atoms with Crippen LogP contribution < -0.4 is 10.6 Å². The third-order valence-corrected chi connectivity index (χ3v) is 5.83. The number of benzene rings is 2. The van der Waals surface area contributed by atoms with E-state index >= 15 is 0 Å². The van der Waals surface area contributed by atoms with E-state index in [-0.39, 0.29) is 17.3 Å². The molecule has 0 aliphatic carbocycles. The fourth-order valence-corrected chi connectivity index (χ4v) is 3.90. The monoisotopic (exact) mass is 576 g/mol. The number of nitrogens with zero attached hydrogens (tertiary/aromatic N) is 6. The fourth-order valence-electron chi connectivity index (χ4n) is 3.90. The first kappa shape index (κ1) is 30.3. The van der Waals surface area contributed by atoms with Crippen LogP contribution in [0.5, 0.6) is 0 Å². The molecule has 0 atom stereocenters. The van der Waals surface area contributed by atoms with E-state index < -0.39 is 11.7 Å². The molecule has 11 heteroatoms. The van der Waals surface area contributed by atoms with Gasteiger partial charge in [0, 0.05) is 41.3 Å². The first-order valence-corrected chi connectivity index (χ1v) is 13.5. The second kappa shape index (κ2) is 14.3. The summed E-state index contributed by atoms with van der Waals surface area (Å²) in [5.74, 6) is -1.20. The van der Waals surface area contributed by atoms with Crippen molar-refractivity contribution >= 4 is 45.0 Å². The van der Waals surface area contributed by atoms with Crippen LogP contribution in [-0.4, -0.2) is 41.7 Å². The van der Waals surface area contributed by atoms with E-state index in [4.69, 9.17) is 0 Å². The van der Waals surface area contributed by atoms with Crippen LogP contribution in [0.2, 0.25) is 0 Å². The molecular formula is C32H29FN8O2. The summed E-state index contributed by atoms with van der Waals surface area (Å²) in [7, 11) is 0. The summed E-state index contributed by atoms with van der Waals surface area (Å²) in [6, 6.07) is 15.6. The van der Waals surface area contributed by atoms with Gasteiger partial charge in [0.25, 0.3) is 11.8 Å². The molecule has 0 saturated heterocycles. The number of aromatic nitrogens is 6. The van der Waals surface area contributed by atoms with Crippen molar-refractivity contribution in [3.05, 3.63) is 120 Å². The van der Waals surface area contributed by atoms with E-state index in [1.165, 1.54) is 43.1 Å². The maximum absolute atomic E-state index is 13.6. The number of carbonyl (C=O) groups is 2. The number of nitrogens with one attached hydrogen (secondary N) is 2. The zero-order chi connectivity index (χ0) is 30.8. The number of halogens is 1. The van der Waals surface area contributed by atoms with Crippen molar-refractivity contribution in [1.82, 2.24) is 29.9 Å². The smallest absolute Gasteiger partial charge is 0.275 e. The highest BCUT2D eigenvalue weighted by molar-refractivity contribution is 6.08. The number of aryl methyl sites for hydroxylation is 2. The van der Waals surface area contributed by atoms with Gasteiger partial charge in [-0.25, -0.2) is 14.4 Å². The normalized spacial score (nSPS) is 10.2. The predicted molar refractivity (Wildman–Crippen MR) is 164 cm³/mol. The number of fused-ring (bicyclic) bond motifs is 2. The summed E-state index contributed by atoms with van der Waals surface area (Å²) in [4.78, 5) is 48.7. The molecule has 6 aromatic rings. The van der Waals surface area contributed by atoms with Gasteiger partial charge in [0.2, 0.25) is 0 Å². The Bertz CT molecular complexity index is 1870. The molecule has 2 N–H and O–H groups in total. The highest BCUT2D eigenvalue weighted by Gasteiger charge is 2.13. The van der Waals surface area contributed by atoms with E-state index in [0.29, 0.717) is 28.0 Å². The summed E-state index contributed by atoms with van der Waals surface area (Å²) in [5.41, 5.74) is 4.31. The summed E-state index contributed by atoms with van der Waals surface area (Å²) >= 11 is 0. The molecule has 0 spiro atoms. The van der Waals surface area contributed by atoms with Crippen LogP contribution in [-0.2, 0) is 0 Å². The Balaban J connectivity index is 0.000000186. The van der Waals surface area contributed by atoms with E-state index in [2.05, 4.69) is 40.5 Å². The quantitative estimate of drug-likeness (QED) is 0.248. The average molecular weight is 577 g/mol. The Kier molecular flexibility index (Phi) is 10.0. The van der Waals surface area contributed by atoms with Crippen LogP contribution in [0.15, 0.2) is 91.8 Å². The minimum Gasteiger partial charge on any atom is -0.319 e. The van der Waals surface area contributed by atoms with Gasteiger partial charge in [-0.2, -0.15) is 0 Å². The first-order valence-electron chi connectivity index (χ1n) is 13.5. The van der Waals surface area contributed by atoms with Crippen LogP contribution in [0.4, 0.5) is 15.8 Å². The molecule has 0 unspecified atom stereocenters. The number of para-hydroxylation sites is 1. The maximum atomic E-state index is 13.6. The molecule has 0 bridgehead atoms. The van der Waals surface area contributed by atoms with Crippen molar-refractivity contribution in [3.8, 4) is 0 Å². The SMILES string of the molecule is CC.Cc1ccc2cccc(NC(=O)c3cnccn3)c2n1.Cc1cnc(C(=O)Nc2cc(F)cc3cccnc23)cn1. The van der Waals surface area contributed by atoms with Crippen LogP contribution in [0.1, 0.15) is 46.2 Å². The third kappa shape index (κ3) is 7.73. The van der Waals surface area contributed by atoms with Gasteiger partial charge < -0.3 is 10.6 Å². The highest BCUT2D eigenvalue weighted by atomic mass is 19.1. The minimum atomic E-state index is -0.458. The molecule has 6 rings (SSSR count). The van der Waals surface area contributed by atoms with E-state index in [9.17, 15) is 14.0 Å². The second-order valence-corrected chi connectivity index (χ2v) is 8.90. The Morgan fingerprint density at radius 3 is 2.12 bits per heavy atom. The summed E-state index contributed by atoms with van der Waals surface area (Å²) in [5, 5.41) is 7.03. The molecule has 4 heterocycles. The lowest BCUT2D eigenvalue weighted by Gasteiger charge is -2.08. The number of hydrogen-bond acceptors (Lipinski definition) is 8. The van der Waals surface area contributed by atoms with Gasteiger partial charge in [-0.1, -0.05) is 38.1 Å². The Hall–Kier alpha value is -5.71. The van der Waals surface area contributed by atoms with E-state index in [0.717, 1.165) is 16.6 Å². The standard InChI is InChI=1S/C15H11FN4O.C15H12N4O.C2H6/c1-9-7-19-13(8-18-9)15(21)20-12-6-11(16)5-10-3-2-4-17-14(10)12;1-10-5-6-11-3-2-4-12(14(11)18-10)19-15(20)13-9-16-7-8-17-13;1-2/h2-8H,1H3,(H,20,21);2-9H,1H3,(H,19,20);1-2H3. The number of rotatable bonds is 4. The fraction of sp³-hybridized carbons (Fsp3) is 0.125.